The van der Waals surface area contributed by atoms with Gasteiger partial charge in [0.05, 0.1) is 0 Å². The zero-order valence-corrected chi connectivity index (χ0v) is 52.1. The summed E-state index contributed by atoms with van der Waals surface area (Å²) in [5.41, 5.74) is -0.169. The number of methoxy groups -OCH3 is 6. The maximum absolute atomic E-state index is 12.9. The predicted molar refractivity (Wildman–Crippen MR) is 287 cm³/mol. The van der Waals surface area contributed by atoms with Crippen molar-refractivity contribution >= 4 is 23.4 Å². The molecule has 0 bridgehead atoms. The van der Waals surface area contributed by atoms with Crippen LogP contribution in [0, 0.1) is 0 Å². The molecule has 0 heterocycles. The molecule has 0 fully saturated rings. The number of hydrogen-bond donors (Lipinski definition) is 0. The lowest BCUT2D eigenvalue weighted by Crippen LogP contribution is -2.56. The van der Waals surface area contributed by atoms with Gasteiger partial charge < -0.3 is 83.4 Å². The van der Waals surface area contributed by atoms with E-state index in [9.17, 15) is 4.79 Å². The molecule has 21 heteroatoms. The number of ketones is 1. The first-order valence-electron chi connectivity index (χ1n) is 27.8. The molecule has 74 heavy (non-hydrogen) atoms. The van der Waals surface area contributed by atoms with Gasteiger partial charge in [0.25, 0.3) is 0 Å². The van der Waals surface area contributed by atoms with E-state index in [1.54, 1.807) is 84.2 Å². The third-order valence-electron chi connectivity index (χ3n) is 12.8. The Morgan fingerprint density at radius 1 is 0.297 bits per heavy atom. The van der Waals surface area contributed by atoms with Crippen molar-refractivity contribution in [1.82, 2.24) is 0 Å². The number of unbranched alkanes of at least 4 members (excludes halogenated alkanes) is 10. The van der Waals surface area contributed by atoms with Crippen LogP contribution in [0.4, 0.5) is 0 Å². The topological polar surface area (TPSA) is 183 Å². The Balaban J connectivity index is 5.29. The van der Waals surface area contributed by atoms with Crippen molar-refractivity contribution in [1.29, 1.82) is 0 Å². The minimum absolute atomic E-state index is 0.0843. The Bertz CT molecular complexity index is 1130. The highest BCUT2D eigenvalue weighted by molar-refractivity contribution is 6.63. The lowest BCUT2D eigenvalue weighted by Gasteiger charge is -2.41. The average Bonchev–Trinajstić information content (AvgIpc) is 3.34. The maximum Gasteiger partial charge on any atom is 0.510 e. The first kappa shape index (κ1) is 73.4. The largest absolute Gasteiger partial charge is 0.510 e. The molecular formula is C53H110O19Si2. The first-order chi connectivity index (χ1) is 35.1. The third-order valence-corrected chi connectivity index (χ3v) is 20.1. The van der Waals surface area contributed by atoms with Crippen LogP contribution in [0.25, 0.3) is 0 Å². The molecule has 0 aliphatic heterocycles. The zero-order valence-electron chi connectivity index (χ0n) is 50.1. The van der Waals surface area contributed by atoms with Crippen molar-refractivity contribution in [3.05, 3.63) is 0 Å². The highest BCUT2D eigenvalue weighted by Crippen LogP contribution is 2.39. The van der Waals surface area contributed by atoms with Gasteiger partial charge in [0.1, 0.15) is 5.78 Å². The molecule has 0 aliphatic carbocycles. The van der Waals surface area contributed by atoms with Crippen LogP contribution in [0.5, 0.6) is 0 Å². The number of ether oxygens (including phenoxy) is 12. The number of hydrogen-bond acceptors (Lipinski definition) is 19. The van der Waals surface area contributed by atoms with Crippen molar-refractivity contribution in [3.63, 3.8) is 0 Å². The van der Waals surface area contributed by atoms with E-state index in [-0.39, 0.29) is 11.1 Å². The predicted octanol–water partition coefficient (Wildman–Crippen LogP) is 12.5. The van der Waals surface area contributed by atoms with Crippen molar-refractivity contribution in [2.75, 3.05) is 42.7 Å². The summed E-state index contributed by atoms with van der Waals surface area (Å²) in [5, 5.41) is 0. The van der Waals surface area contributed by atoms with Crippen LogP contribution in [0.2, 0.25) is 11.1 Å². The Kier molecular flexibility index (Phi) is 42.9. The van der Waals surface area contributed by atoms with E-state index in [1.807, 2.05) is 41.5 Å². The van der Waals surface area contributed by atoms with Gasteiger partial charge >= 0.3 is 17.6 Å². The van der Waals surface area contributed by atoms with Crippen molar-refractivity contribution in [2.24, 2.45) is 0 Å². The van der Waals surface area contributed by atoms with Gasteiger partial charge in [0, 0.05) is 66.6 Å². The molecule has 14 atom stereocenters. The van der Waals surface area contributed by atoms with E-state index in [4.69, 9.17) is 83.4 Å². The van der Waals surface area contributed by atoms with Crippen LogP contribution < -0.4 is 0 Å². The standard InChI is InChI=1S/C53H110O19Si2/c1-21-52(73(67-45(9)61-39(3)55-15,68-46(10)62-40(4)56-16)69-47(11)63-41(5)57-17)37-33-29-25-23-27-31-35-51(54)36-32-28-24-26-30-34-38-53(22-2)74(70-48(12)64-42(6)58-18,71-49(13)65-43(7)59-19)72-50(14)66-44(8)60-20/h39-50,52-53H,21-38H2,1-20H3. The molecule has 0 aliphatic rings. The molecule has 0 aromatic carbocycles. The van der Waals surface area contributed by atoms with Gasteiger partial charge in [-0.25, -0.2) is 0 Å². The lowest BCUT2D eigenvalue weighted by atomic mass is 10.0. The summed E-state index contributed by atoms with van der Waals surface area (Å²) in [4.78, 5) is 12.9. The van der Waals surface area contributed by atoms with E-state index in [0.29, 0.717) is 18.6 Å². The number of carbonyl (C=O) groups excluding carboxylic acids is 1. The highest BCUT2D eigenvalue weighted by Gasteiger charge is 2.54. The molecule has 0 amide bonds. The van der Waals surface area contributed by atoms with Gasteiger partial charge in [-0.1, -0.05) is 78.1 Å². The monoisotopic (exact) mass is 1110 g/mol. The van der Waals surface area contributed by atoms with E-state index in [0.717, 1.165) is 103 Å². The molecule has 0 rings (SSSR count). The average molecular weight is 1110 g/mol. The summed E-state index contributed by atoms with van der Waals surface area (Å²) in [5.74, 6) is 0.354. The molecular weight excluding hydrogens is 997 g/mol. The van der Waals surface area contributed by atoms with Gasteiger partial charge in [-0.3, -0.25) is 4.79 Å². The minimum Gasteiger partial charge on any atom is -0.356 e. The van der Waals surface area contributed by atoms with Crippen LogP contribution in [0.1, 0.15) is 213 Å². The second kappa shape index (κ2) is 43.2. The van der Waals surface area contributed by atoms with Crippen LogP contribution in [-0.4, -0.2) is 142 Å². The lowest BCUT2D eigenvalue weighted by molar-refractivity contribution is -0.255. The Morgan fingerprint density at radius 2 is 0.486 bits per heavy atom. The molecule has 0 aromatic rings. The number of Topliss-reactive ketones (excluding diaryl/α,β-unsaturated/α-hetero) is 1. The smallest absolute Gasteiger partial charge is 0.356 e. The van der Waals surface area contributed by atoms with Crippen molar-refractivity contribution in [2.45, 2.75) is 299 Å². The van der Waals surface area contributed by atoms with E-state index >= 15 is 0 Å². The molecule has 0 spiro atoms. The fraction of sp³-hybridized carbons (Fsp3) is 0.981. The molecule has 0 saturated carbocycles. The minimum atomic E-state index is -3.62. The fourth-order valence-corrected chi connectivity index (χ4v) is 15.2. The maximum atomic E-state index is 12.9. The number of carbonyl (C=O) groups is 1. The summed E-state index contributed by atoms with van der Waals surface area (Å²) >= 11 is 0. The second-order valence-electron chi connectivity index (χ2n) is 19.0. The van der Waals surface area contributed by atoms with Crippen LogP contribution in [-0.2, 0) is 88.2 Å². The summed E-state index contributed by atoms with van der Waals surface area (Å²) < 4.78 is 108. The van der Waals surface area contributed by atoms with E-state index in [1.165, 1.54) is 0 Å². The molecule has 0 saturated heterocycles. The quantitative estimate of drug-likeness (QED) is 0.0318. The molecule has 444 valence electrons. The summed E-state index contributed by atoms with van der Waals surface area (Å²) in [6, 6.07) is 0. The van der Waals surface area contributed by atoms with Crippen molar-refractivity contribution < 1.29 is 88.2 Å². The third kappa shape index (κ3) is 33.1. The molecule has 19 nitrogen and oxygen atoms in total. The van der Waals surface area contributed by atoms with Crippen LogP contribution in [0.15, 0.2) is 0 Å². The Labute approximate surface area is 451 Å². The Hall–Kier alpha value is -0.616. The second-order valence-corrected chi connectivity index (χ2v) is 24.5. The Morgan fingerprint density at radius 3 is 0.676 bits per heavy atom. The summed E-state index contributed by atoms with van der Waals surface area (Å²) in [7, 11) is 2.23. The van der Waals surface area contributed by atoms with Crippen LogP contribution in [0.3, 0.4) is 0 Å². The molecule has 14 unspecified atom stereocenters. The van der Waals surface area contributed by atoms with E-state index < -0.39 is 93.1 Å². The number of rotatable bonds is 52. The van der Waals surface area contributed by atoms with Gasteiger partial charge in [-0.2, -0.15) is 0 Å². The first-order valence-corrected chi connectivity index (χ1v) is 31.4. The summed E-state index contributed by atoms with van der Waals surface area (Å²) in [6.07, 6.45) is 9.26. The highest BCUT2D eigenvalue weighted by atomic mass is 28.4. The van der Waals surface area contributed by atoms with E-state index in [2.05, 4.69) is 13.8 Å². The van der Waals surface area contributed by atoms with Gasteiger partial charge in [0.2, 0.25) is 0 Å². The molecule has 0 radical (unpaired) electrons. The van der Waals surface area contributed by atoms with Gasteiger partial charge in [-0.15, -0.1) is 0 Å². The van der Waals surface area contributed by atoms with Crippen LogP contribution >= 0.6 is 0 Å². The molecule has 0 N–H and O–H groups in total. The SMILES string of the molecule is CCC(CCCCCCCCC(=O)CCCCCCCCC(CC)[Si](OC(C)OC(C)OC)(OC(C)OC(C)OC)OC(C)OC(C)OC)[Si](OC(C)OC(C)OC)(OC(C)OC(C)OC)OC(C)OC(C)OC. The fourth-order valence-electron chi connectivity index (χ4n) is 8.48. The zero-order chi connectivity index (χ0) is 56.1. The summed E-state index contributed by atoms with van der Waals surface area (Å²) in [6.45, 7) is 25.9. The van der Waals surface area contributed by atoms with Gasteiger partial charge in [0.15, 0.2) is 75.5 Å². The van der Waals surface area contributed by atoms with Crippen molar-refractivity contribution in [3.8, 4) is 0 Å². The normalized spacial score (nSPS) is 19.7. The molecule has 0 aromatic heterocycles. The van der Waals surface area contributed by atoms with Gasteiger partial charge in [-0.05, 0) is 122 Å².